The van der Waals surface area contributed by atoms with E-state index in [0.717, 1.165) is 0 Å². The Balaban J connectivity index is 3.16. The topological polar surface area (TPSA) is 112 Å². The molecular formula is C10H20N4O3S. The molecular weight excluding hydrogens is 256 g/mol. The molecule has 0 aliphatic rings. The molecule has 0 aromatic carbocycles. The number of sulfonamides is 1. The molecule has 104 valence electrons. The van der Waals surface area contributed by atoms with Crippen molar-refractivity contribution in [3.05, 3.63) is 6.20 Å². The highest BCUT2D eigenvalue weighted by Gasteiger charge is 2.31. The van der Waals surface area contributed by atoms with Crippen molar-refractivity contribution in [3.8, 4) is 0 Å². The average Bonchev–Trinajstić information content (AvgIpc) is 2.76. The van der Waals surface area contributed by atoms with Crippen LogP contribution in [-0.2, 0) is 10.0 Å². The third kappa shape index (κ3) is 2.82. The smallest absolute Gasteiger partial charge is 0.248 e. The first-order chi connectivity index (χ1) is 8.48. The van der Waals surface area contributed by atoms with Crippen molar-refractivity contribution in [1.82, 2.24) is 14.5 Å². The lowest BCUT2D eigenvalue weighted by Crippen LogP contribution is -2.41. The molecule has 7 nitrogen and oxygen atoms in total. The lowest BCUT2D eigenvalue weighted by atomic mass is 10.2. The summed E-state index contributed by atoms with van der Waals surface area (Å²) >= 11 is 0. The van der Waals surface area contributed by atoms with Gasteiger partial charge in [-0.05, 0) is 12.8 Å². The van der Waals surface area contributed by atoms with Gasteiger partial charge in [0.05, 0.1) is 12.8 Å². The Labute approximate surface area is 107 Å². The second-order valence-electron chi connectivity index (χ2n) is 3.96. The number of hydrogen-bond donors (Lipinski definition) is 3. The zero-order valence-corrected chi connectivity index (χ0v) is 11.4. The Bertz CT molecular complexity index is 467. The van der Waals surface area contributed by atoms with Crippen molar-refractivity contribution in [3.63, 3.8) is 0 Å². The summed E-state index contributed by atoms with van der Waals surface area (Å²) in [7, 11) is -3.72. The summed E-state index contributed by atoms with van der Waals surface area (Å²) < 4.78 is 26.2. The number of nitrogens with one attached hydrogen (secondary N) is 1. The van der Waals surface area contributed by atoms with Crippen LogP contribution in [0.4, 0.5) is 5.82 Å². The maximum Gasteiger partial charge on any atom is 0.248 e. The Kier molecular flexibility index (Phi) is 5.12. The molecule has 0 spiro atoms. The number of nitrogen functional groups attached to an aromatic ring is 1. The molecule has 8 heteroatoms. The van der Waals surface area contributed by atoms with E-state index in [0.29, 0.717) is 12.8 Å². The van der Waals surface area contributed by atoms with Gasteiger partial charge in [0.2, 0.25) is 10.0 Å². The first-order valence-electron chi connectivity index (χ1n) is 5.90. The maximum absolute atomic E-state index is 12.4. The van der Waals surface area contributed by atoms with Crippen molar-refractivity contribution in [2.24, 2.45) is 0 Å². The highest BCUT2D eigenvalue weighted by atomic mass is 32.2. The van der Waals surface area contributed by atoms with Gasteiger partial charge in [-0.3, -0.25) is 5.10 Å². The normalized spacial score (nSPS) is 12.5. The molecule has 0 saturated heterocycles. The number of hydrogen-bond acceptors (Lipinski definition) is 5. The predicted molar refractivity (Wildman–Crippen MR) is 68.3 cm³/mol. The molecule has 0 bridgehead atoms. The van der Waals surface area contributed by atoms with Crippen LogP contribution in [0.3, 0.4) is 0 Å². The van der Waals surface area contributed by atoms with Gasteiger partial charge >= 0.3 is 0 Å². The van der Waals surface area contributed by atoms with Gasteiger partial charge in [-0.25, -0.2) is 8.42 Å². The van der Waals surface area contributed by atoms with E-state index in [9.17, 15) is 8.42 Å². The summed E-state index contributed by atoms with van der Waals surface area (Å²) in [6.45, 7) is 3.65. The van der Waals surface area contributed by atoms with Gasteiger partial charge in [-0.2, -0.15) is 9.40 Å². The van der Waals surface area contributed by atoms with Gasteiger partial charge in [0.25, 0.3) is 0 Å². The molecule has 18 heavy (non-hydrogen) atoms. The number of nitrogens with zero attached hydrogens (tertiary/aromatic N) is 2. The van der Waals surface area contributed by atoms with Crippen LogP contribution in [0, 0.1) is 0 Å². The molecule has 0 atom stereocenters. The summed E-state index contributed by atoms with van der Waals surface area (Å²) in [5.74, 6) is 0.0175. The Morgan fingerprint density at radius 1 is 1.50 bits per heavy atom. The van der Waals surface area contributed by atoms with E-state index in [1.165, 1.54) is 10.5 Å². The molecule has 0 aliphatic heterocycles. The monoisotopic (exact) mass is 276 g/mol. The lowest BCUT2D eigenvalue weighted by Gasteiger charge is -2.28. The molecule has 0 amide bonds. The Morgan fingerprint density at radius 2 is 2.11 bits per heavy atom. The number of aromatic nitrogens is 2. The molecule has 1 rings (SSSR count). The predicted octanol–water partition coefficient (Wildman–Crippen LogP) is 0.163. The number of aliphatic hydroxyl groups is 1. The van der Waals surface area contributed by atoms with E-state index in [4.69, 9.17) is 10.8 Å². The molecule has 1 aromatic heterocycles. The number of aliphatic hydroxyl groups excluding tert-OH is 1. The van der Waals surface area contributed by atoms with Gasteiger partial charge in [-0.1, -0.05) is 13.8 Å². The highest BCUT2D eigenvalue weighted by Crippen LogP contribution is 2.23. The van der Waals surface area contributed by atoms with Gasteiger partial charge in [0, 0.05) is 12.6 Å². The maximum atomic E-state index is 12.4. The zero-order chi connectivity index (χ0) is 13.8. The summed E-state index contributed by atoms with van der Waals surface area (Å²) in [5, 5.41) is 15.1. The summed E-state index contributed by atoms with van der Waals surface area (Å²) in [4.78, 5) is -0.0390. The van der Waals surface area contributed by atoms with E-state index in [1.54, 1.807) is 0 Å². The van der Waals surface area contributed by atoms with Crippen molar-refractivity contribution in [2.45, 2.75) is 37.6 Å². The molecule has 0 fully saturated rings. The van der Waals surface area contributed by atoms with Crippen LogP contribution >= 0.6 is 0 Å². The van der Waals surface area contributed by atoms with Gasteiger partial charge in [0.15, 0.2) is 0 Å². The van der Waals surface area contributed by atoms with E-state index in [2.05, 4.69) is 10.2 Å². The van der Waals surface area contributed by atoms with Crippen molar-refractivity contribution in [1.29, 1.82) is 0 Å². The minimum absolute atomic E-state index is 0.0175. The molecule has 1 heterocycles. The summed E-state index contributed by atoms with van der Waals surface area (Å²) in [6.07, 6.45) is 2.54. The van der Waals surface area contributed by atoms with Crippen molar-refractivity contribution >= 4 is 15.8 Å². The standard InChI is InChI=1S/C10H20N4O3S/c1-3-8(4-2)14(5-6-15)18(16,17)9-7-12-13-10(9)11/h7-8,15H,3-6H2,1-2H3,(H3,11,12,13). The third-order valence-corrected chi connectivity index (χ3v) is 4.87. The van der Waals surface area contributed by atoms with Gasteiger partial charge in [0.1, 0.15) is 10.7 Å². The molecule has 4 N–H and O–H groups in total. The van der Waals surface area contributed by atoms with Gasteiger partial charge in [-0.15, -0.1) is 0 Å². The molecule has 0 saturated carbocycles. The molecule has 1 aromatic rings. The summed E-state index contributed by atoms with van der Waals surface area (Å²) in [5.41, 5.74) is 5.56. The molecule has 0 unspecified atom stereocenters. The van der Waals surface area contributed by atoms with Crippen LogP contribution in [0.5, 0.6) is 0 Å². The van der Waals surface area contributed by atoms with Crippen LogP contribution in [-0.4, -0.2) is 47.2 Å². The Hall–Kier alpha value is -1.12. The molecule has 0 radical (unpaired) electrons. The van der Waals surface area contributed by atoms with E-state index < -0.39 is 10.0 Å². The lowest BCUT2D eigenvalue weighted by molar-refractivity contribution is 0.219. The zero-order valence-electron chi connectivity index (χ0n) is 10.6. The Morgan fingerprint density at radius 3 is 2.50 bits per heavy atom. The SMILES string of the molecule is CCC(CC)N(CCO)S(=O)(=O)c1cn[nH]c1N. The summed E-state index contributed by atoms with van der Waals surface area (Å²) in [6, 6.07) is -0.156. The highest BCUT2D eigenvalue weighted by molar-refractivity contribution is 7.89. The fourth-order valence-electron chi connectivity index (χ4n) is 1.91. The second-order valence-corrected chi connectivity index (χ2v) is 5.82. The third-order valence-electron chi connectivity index (χ3n) is 2.89. The second kappa shape index (κ2) is 6.17. The first kappa shape index (κ1) is 14.9. The van der Waals surface area contributed by atoms with E-state index >= 15 is 0 Å². The van der Waals surface area contributed by atoms with Crippen molar-refractivity contribution in [2.75, 3.05) is 18.9 Å². The fourth-order valence-corrected chi connectivity index (χ4v) is 3.69. The van der Waals surface area contributed by atoms with Crippen LogP contribution < -0.4 is 5.73 Å². The minimum Gasteiger partial charge on any atom is -0.395 e. The molecule has 0 aliphatic carbocycles. The number of aromatic amines is 1. The number of anilines is 1. The van der Waals surface area contributed by atoms with Crippen molar-refractivity contribution < 1.29 is 13.5 Å². The van der Waals surface area contributed by atoms with E-state index in [1.807, 2.05) is 13.8 Å². The van der Waals surface area contributed by atoms with Crippen LogP contribution in [0.15, 0.2) is 11.1 Å². The van der Waals surface area contributed by atoms with Gasteiger partial charge < -0.3 is 10.8 Å². The van der Waals surface area contributed by atoms with Crippen LogP contribution in [0.1, 0.15) is 26.7 Å². The van der Waals surface area contributed by atoms with E-state index in [-0.39, 0.29) is 29.9 Å². The first-order valence-corrected chi connectivity index (χ1v) is 7.34. The number of rotatable bonds is 7. The largest absolute Gasteiger partial charge is 0.395 e. The van der Waals surface area contributed by atoms with Crippen LogP contribution in [0.2, 0.25) is 0 Å². The minimum atomic E-state index is -3.72. The fraction of sp³-hybridized carbons (Fsp3) is 0.700. The van der Waals surface area contributed by atoms with Crippen LogP contribution in [0.25, 0.3) is 0 Å². The average molecular weight is 276 g/mol. The number of nitrogens with two attached hydrogens (primary N) is 1. The number of H-pyrrole nitrogens is 1. The quantitative estimate of drug-likeness (QED) is 0.657.